The number of sulfone groups is 1. The van der Waals surface area contributed by atoms with Gasteiger partial charge in [0.2, 0.25) is 5.91 Å². The van der Waals surface area contributed by atoms with Gasteiger partial charge in [-0.2, -0.15) is 0 Å². The number of nitrogens with one attached hydrogen (secondary N) is 1. The van der Waals surface area contributed by atoms with E-state index in [0.29, 0.717) is 34.6 Å². The first-order valence-corrected chi connectivity index (χ1v) is 11.7. The fraction of sp³-hybridized carbons (Fsp3) is 0.364. The Balaban J connectivity index is 1.33. The molecule has 2 aromatic carbocycles. The molecule has 0 saturated heterocycles. The van der Waals surface area contributed by atoms with Crippen molar-refractivity contribution in [1.82, 2.24) is 4.57 Å². The van der Waals surface area contributed by atoms with Crippen molar-refractivity contribution in [1.29, 1.82) is 0 Å². The number of anilines is 1. The lowest BCUT2D eigenvalue weighted by atomic mass is 10.2. The van der Waals surface area contributed by atoms with E-state index < -0.39 is 15.6 Å². The Morgan fingerprint density at radius 3 is 2.50 bits per heavy atom. The van der Waals surface area contributed by atoms with Gasteiger partial charge in [-0.05, 0) is 55.7 Å². The molecule has 0 radical (unpaired) electrons. The molecule has 0 bridgehead atoms. The zero-order valence-corrected chi connectivity index (χ0v) is 17.4. The first-order chi connectivity index (χ1) is 14.4. The second-order valence-electron chi connectivity index (χ2n) is 7.61. The maximum atomic E-state index is 12.6. The standard InChI is InChI=1S/C22H24N2O5S/c25-21(10-5-15-24-19-8-3-4-9-20(19)29-22(24)26)23-16-11-13-18(14-12-16)30(27,28)17-6-1-2-7-17/h3-4,8-9,11-14,17H,1-2,5-7,10,15H2,(H,23,25). The lowest BCUT2D eigenvalue weighted by Crippen LogP contribution is -2.18. The summed E-state index contributed by atoms with van der Waals surface area (Å²) in [5, 5.41) is 2.49. The van der Waals surface area contributed by atoms with Crippen LogP contribution in [-0.2, 0) is 21.2 Å². The minimum absolute atomic E-state index is 0.192. The molecule has 1 aliphatic carbocycles. The van der Waals surface area contributed by atoms with Crippen molar-refractivity contribution >= 4 is 32.5 Å². The van der Waals surface area contributed by atoms with Crippen molar-refractivity contribution in [3.63, 3.8) is 0 Å². The Morgan fingerprint density at radius 2 is 1.77 bits per heavy atom. The first kappa shape index (κ1) is 20.4. The van der Waals surface area contributed by atoms with E-state index in [9.17, 15) is 18.0 Å². The molecule has 0 unspecified atom stereocenters. The zero-order chi connectivity index (χ0) is 21.1. The number of carbonyl (C=O) groups excluding carboxylic acids is 1. The molecule has 1 aliphatic rings. The highest BCUT2D eigenvalue weighted by Gasteiger charge is 2.30. The number of fused-ring (bicyclic) bond motifs is 1. The van der Waals surface area contributed by atoms with E-state index in [1.807, 2.05) is 12.1 Å². The third-order valence-electron chi connectivity index (χ3n) is 5.57. The van der Waals surface area contributed by atoms with E-state index in [-0.39, 0.29) is 17.6 Å². The summed E-state index contributed by atoms with van der Waals surface area (Å²) in [7, 11) is -3.30. The lowest BCUT2D eigenvalue weighted by molar-refractivity contribution is -0.116. The van der Waals surface area contributed by atoms with E-state index in [2.05, 4.69) is 5.32 Å². The SMILES string of the molecule is O=C(CCCn1c(=O)oc2ccccc21)Nc1ccc(S(=O)(=O)C2CCCC2)cc1. The number of carbonyl (C=O) groups is 1. The second kappa shape index (κ2) is 8.47. The highest BCUT2D eigenvalue weighted by Crippen LogP contribution is 2.30. The average Bonchev–Trinajstić information content (AvgIpc) is 3.37. The van der Waals surface area contributed by atoms with Gasteiger partial charge in [-0.3, -0.25) is 9.36 Å². The van der Waals surface area contributed by atoms with Crippen molar-refractivity contribution in [3.8, 4) is 0 Å². The number of hydrogen-bond acceptors (Lipinski definition) is 5. The van der Waals surface area contributed by atoms with Gasteiger partial charge in [0.1, 0.15) is 0 Å². The molecule has 4 rings (SSSR count). The topological polar surface area (TPSA) is 98.4 Å². The Hall–Kier alpha value is -2.87. The van der Waals surface area contributed by atoms with Gasteiger partial charge in [0.05, 0.1) is 15.7 Å². The largest absolute Gasteiger partial charge is 0.419 e. The number of amides is 1. The number of aryl methyl sites for hydroxylation is 1. The number of nitrogens with zero attached hydrogens (tertiary/aromatic N) is 1. The average molecular weight is 429 g/mol. The Morgan fingerprint density at radius 1 is 1.07 bits per heavy atom. The summed E-state index contributed by atoms with van der Waals surface area (Å²) < 4.78 is 31.9. The minimum atomic E-state index is -3.30. The van der Waals surface area contributed by atoms with Crippen molar-refractivity contribution < 1.29 is 17.6 Å². The second-order valence-corrected chi connectivity index (χ2v) is 9.84. The molecule has 0 aliphatic heterocycles. The van der Waals surface area contributed by atoms with Crippen molar-refractivity contribution in [3.05, 3.63) is 59.1 Å². The van der Waals surface area contributed by atoms with Gasteiger partial charge < -0.3 is 9.73 Å². The van der Waals surface area contributed by atoms with Crippen LogP contribution in [0.25, 0.3) is 11.1 Å². The van der Waals surface area contributed by atoms with Crippen LogP contribution in [0.1, 0.15) is 38.5 Å². The van der Waals surface area contributed by atoms with Gasteiger partial charge >= 0.3 is 5.76 Å². The van der Waals surface area contributed by atoms with Crippen LogP contribution in [0, 0.1) is 0 Å². The van der Waals surface area contributed by atoms with Gasteiger partial charge in [-0.25, -0.2) is 13.2 Å². The number of benzene rings is 2. The molecule has 1 fully saturated rings. The molecule has 7 nitrogen and oxygen atoms in total. The predicted molar refractivity (Wildman–Crippen MR) is 114 cm³/mol. The van der Waals surface area contributed by atoms with Gasteiger partial charge in [-0.15, -0.1) is 0 Å². The molecule has 158 valence electrons. The third kappa shape index (κ3) is 4.18. The maximum Gasteiger partial charge on any atom is 0.419 e. The van der Waals surface area contributed by atoms with Crippen LogP contribution >= 0.6 is 0 Å². The number of rotatable bonds is 7. The zero-order valence-electron chi connectivity index (χ0n) is 16.5. The molecule has 8 heteroatoms. The van der Waals surface area contributed by atoms with Gasteiger partial charge in [0, 0.05) is 18.7 Å². The van der Waals surface area contributed by atoms with Crippen LogP contribution < -0.4 is 11.1 Å². The summed E-state index contributed by atoms with van der Waals surface area (Å²) in [6.07, 6.45) is 4.06. The van der Waals surface area contributed by atoms with Crippen molar-refractivity contribution in [2.24, 2.45) is 0 Å². The molecule has 0 spiro atoms. The van der Waals surface area contributed by atoms with Crippen LogP contribution in [0.2, 0.25) is 0 Å². The normalized spacial score (nSPS) is 14.9. The molecule has 0 atom stereocenters. The van der Waals surface area contributed by atoms with Gasteiger partial charge in [-0.1, -0.05) is 25.0 Å². The quantitative estimate of drug-likeness (QED) is 0.618. The smallest absolute Gasteiger partial charge is 0.408 e. The summed E-state index contributed by atoms with van der Waals surface area (Å²) in [6.45, 7) is 0.377. The molecule has 1 heterocycles. The summed E-state index contributed by atoms with van der Waals surface area (Å²) in [4.78, 5) is 24.5. The number of oxazole rings is 1. The highest BCUT2D eigenvalue weighted by molar-refractivity contribution is 7.92. The molecular weight excluding hydrogens is 404 g/mol. The van der Waals surface area contributed by atoms with Crippen LogP contribution in [0.5, 0.6) is 0 Å². The fourth-order valence-corrected chi connectivity index (χ4v) is 5.82. The lowest BCUT2D eigenvalue weighted by Gasteiger charge is -2.12. The minimum Gasteiger partial charge on any atom is -0.408 e. The van der Waals surface area contributed by atoms with E-state index in [1.165, 1.54) is 4.57 Å². The molecule has 1 amide bonds. The molecule has 1 saturated carbocycles. The fourth-order valence-electron chi connectivity index (χ4n) is 3.97. The van der Waals surface area contributed by atoms with Crippen LogP contribution in [-0.4, -0.2) is 24.1 Å². The molecule has 3 aromatic rings. The Kier molecular flexibility index (Phi) is 5.76. The number of para-hydroxylation sites is 2. The van der Waals surface area contributed by atoms with E-state index in [1.54, 1.807) is 36.4 Å². The predicted octanol–water partition coefficient (Wildman–Crippen LogP) is 3.73. The van der Waals surface area contributed by atoms with E-state index in [4.69, 9.17) is 4.42 Å². The van der Waals surface area contributed by atoms with Crippen LogP contribution in [0.3, 0.4) is 0 Å². The van der Waals surface area contributed by atoms with Crippen molar-refractivity contribution in [2.75, 3.05) is 5.32 Å². The van der Waals surface area contributed by atoms with Crippen LogP contribution in [0.4, 0.5) is 5.69 Å². The molecular formula is C22H24N2O5S. The third-order valence-corrected chi connectivity index (χ3v) is 7.85. The van der Waals surface area contributed by atoms with E-state index >= 15 is 0 Å². The Bertz CT molecular complexity index is 1200. The first-order valence-electron chi connectivity index (χ1n) is 10.2. The van der Waals surface area contributed by atoms with Crippen molar-refractivity contribution in [2.45, 2.75) is 55.2 Å². The summed E-state index contributed by atoms with van der Waals surface area (Å²) in [6, 6.07) is 13.5. The monoisotopic (exact) mass is 428 g/mol. The van der Waals surface area contributed by atoms with Gasteiger partial charge in [0.15, 0.2) is 15.4 Å². The number of aromatic nitrogens is 1. The highest BCUT2D eigenvalue weighted by atomic mass is 32.2. The maximum absolute atomic E-state index is 12.6. The van der Waals surface area contributed by atoms with Gasteiger partial charge in [0.25, 0.3) is 0 Å². The molecule has 1 aromatic heterocycles. The summed E-state index contributed by atoms with van der Waals surface area (Å²) in [5.41, 5.74) is 1.79. The molecule has 1 N–H and O–H groups in total. The number of hydrogen-bond donors (Lipinski definition) is 1. The van der Waals surface area contributed by atoms with E-state index in [0.717, 1.165) is 25.7 Å². The van der Waals surface area contributed by atoms with Crippen LogP contribution in [0.15, 0.2) is 62.6 Å². The summed E-state index contributed by atoms with van der Waals surface area (Å²) in [5.74, 6) is -0.627. The molecule has 30 heavy (non-hydrogen) atoms. The Labute approximate surface area is 174 Å². The summed E-state index contributed by atoms with van der Waals surface area (Å²) >= 11 is 0.